The Kier molecular flexibility index (Phi) is 5.79. The maximum Gasteiger partial charge on any atom is 0.276 e. The van der Waals surface area contributed by atoms with Crippen LogP contribution in [0.5, 0.6) is 5.75 Å². The summed E-state index contributed by atoms with van der Waals surface area (Å²) in [6.45, 7) is 4.34. The maximum absolute atomic E-state index is 12.1. The molecular formula is C16H17BrN2O3S. The number of hydrogen-bond donors (Lipinski definition) is 1. The molecule has 2 aromatic rings. The predicted molar refractivity (Wildman–Crippen MR) is 94.4 cm³/mol. The SMILES string of the molecule is CCOc1ccc(Br)c(/C=N/NS(=O)(=O)c2ccc(C)cc2)c1. The van der Waals surface area contributed by atoms with E-state index < -0.39 is 10.0 Å². The van der Waals surface area contributed by atoms with E-state index in [0.29, 0.717) is 17.9 Å². The number of halogens is 1. The van der Waals surface area contributed by atoms with Crippen LogP contribution in [0.4, 0.5) is 0 Å². The van der Waals surface area contributed by atoms with E-state index >= 15 is 0 Å². The van der Waals surface area contributed by atoms with E-state index in [1.807, 2.05) is 26.0 Å². The molecule has 0 saturated carbocycles. The Labute approximate surface area is 144 Å². The number of hydrogen-bond acceptors (Lipinski definition) is 4. The zero-order valence-electron chi connectivity index (χ0n) is 12.8. The highest BCUT2D eigenvalue weighted by Gasteiger charge is 2.11. The lowest BCUT2D eigenvalue weighted by Gasteiger charge is -2.06. The molecule has 122 valence electrons. The van der Waals surface area contributed by atoms with Crippen LogP contribution >= 0.6 is 15.9 Å². The highest BCUT2D eigenvalue weighted by molar-refractivity contribution is 9.10. The summed E-state index contributed by atoms with van der Waals surface area (Å²) in [5.74, 6) is 0.693. The molecule has 5 nitrogen and oxygen atoms in total. The summed E-state index contributed by atoms with van der Waals surface area (Å²) >= 11 is 3.39. The molecular weight excluding hydrogens is 380 g/mol. The first kappa shape index (κ1) is 17.5. The minimum atomic E-state index is -3.67. The molecule has 2 aromatic carbocycles. The number of hydrazone groups is 1. The second-order valence-electron chi connectivity index (χ2n) is 4.78. The van der Waals surface area contributed by atoms with Crippen molar-refractivity contribution in [3.05, 3.63) is 58.1 Å². The molecule has 0 aliphatic heterocycles. The third-order valence-corrected chi connectivity index (χ3v) is 4.95. The van der Waals surface area contributed by atoms with Crippen LogP contribution in [0, 0.1) is 6.92 Å². The van der Waals surface area contributed by atoms with Gasteiger partial charge in [0, 0.05) is 10.0 Å². The largest absolute Gasteiger partial charge is 0.494 e. The van der Waals surface area contributed by atoms with Crippen LogP contribution in [0.15, 0.2) is 56.9 Å². The molecule has 0 aromatic heterocycles. The molecule has 0 unspecified atom stereocenters. The second-order valence-corrected chi connectivity index (χ2v) is 7.30. The highest BCUT2D eigenvalue weighted by Crippen LogP contribution is 2.21. The average molecular weight is 397 g/mol. The molecule has 0 aliphatic carbocycles. The lowest BCUT2D eigenvalue weighted by molar-refractivity contribution is 0.340. The van der Waals surface area contributed by atoms with Crippen molar-refractivity contribution in [3.63, 3.8) is 0 Å². The van der Waals surface area contributed by atoms with Gasteiger partial charge in [-0.2, -0.15) is 13.5 Å². The number of nitrogens with one attached hydrogen (secondary N) is 1. The smallest absolute Gasteiger partial charge is 0.276 e. The van der Waals surface area contributed by atoms with Crippen LogP contribution in [0.2, 0.25) is 0 Å². The van der Waals surface area contributed by atoms with Crippen molar-refractivity contribution in [2.24, 2.45) is 5.10 Å². The fraction of sp³-hybridized carbons (Fsp3) is 0.188. The molecule has 0 heterocycles. The summed E-state index contributed by atoms with van der Waals surface area (Å²) in [4.78, 5) is 2.37. The van der Waals surface area contributed by atoms with E-state index in [9.17, 15) is 8.42 Å². The first-order valence-electron chi connectivity index (χ1n) is 6.96. The van der Waals surface area contributed by atoms with E-state index in [1.54, 1.807) is 30.3 Å². The number of aryl methyl sites for hydroxylation is 1. The van der Waals surface area contributed by atoms with Crippen LogP contribution in [-0.2, 0) is 10.0 Å². The van der Waals surface area contributed by atoms with E-state index in [1.165, 1.54) is 6.21 Å². The van der Waals surface area contributed by atoms with Crippen molar-refractivity contribution in [1.29, 1.82) is 0 Å². The van der Waals surface area contributed by atoms with E-state index in [0.717, 1.165) is 10.0 Å². The van der Waals surface area contributed by atoms with Gasteiger partial charge in [0.15, 0.2) is 0 Å². The summed E-state index contributed by atoms with van der Waals surface area (Å²) in [5.41, 5.74) is 1.70. The zero-order valence-corrected chi connectivity index (χ0v) is 15.2. The Bertz CT molecular complexity index is 803. The van der Waals surface area contributed by atoms with Crippen LogP contribution in [0.1, 0.15) is 18.1 Å². The van der Waals surface area contributed by atoms with Gasteiger partial charge in [-0.05, 0) is 44.2 Å². The van der Waals surface area contributed by atoms with E-state index in [2.05, 4.69) is 25.9 Å². The molecule has 2 rings (SSSR count). The van der Waals surface area contributed by atoms with Gasteiger partial charge in [0.05, 0.1) is 17.7 Å². The van der Waals surface area contributed by atoms with Crippen LogP contribution in [0.3, 0.4) is 0 Å². The minimum absolute atomic E-state index is 0.169. The number of ether oxygens (including phenoxy) is 1. The third kappa shape index (κ3) is 4.80. The molecule has 0 radical (unpaired) electrons. The van der Waals surface area contributed by atoms with Gasteiger partial charge >= 0.3 is 0 Å². The molecule has 0 saturated heterocycles. The third-order valence-electron chi connectivity index (χ3n) is 2.99. The van der Waals surface area contributed by atoms with Gasteiger partial charge in [0.25, 0.3) is 10.0 Å². The number of benzene rings is 2. The van der Waals surface area contributed by atoms with Crippen LogP contribution in [0.25, 0.3) is 0 Å². The van der Waals surface area contributed by atoms with Gasteiger partial charge in [-0.1, -0.05) is 33.6 Å². The summed E-state index contributed by atoms with van der Waals surface area (Å²) in [5, 5.41) is 3.83. The van der Waals surface area contributed by atoms with Crippen molar-refractivity contribution < 1.29 is 13.2 Å². The molecule has 0 fully saturated rings. The van der Waals surface area contributed by atoms with E-state index in [-0.39, 0.29) is 4.90 Å². The van der Waals surface area contributed by atoms with Crippen LogP contribution < -0.4 is 9.57 Å². The topological polar surface area (TPSA) is 67.8 Å². The van der Waals surface area contributed by atoms with Crippen molar-refractivity contribution >= 4 is 32.2 Å². The molecule has 0 atom stereocenters. The van der Waals surface area contributed by atoms with Gasteiger partial charge in [-0.3, -0.25) is 0 Å². The minimum Gasteiger partial charge on any atom is -0.494 e. The Hall–Kier alpha value is -1.86. The highest BCUT2D eigenvalue weighted by atomic mass is 79.9. The first-order chi connectivity index (χ1) is 10.9. The fourth-order valence-corrected chi connectivity index (χ4v) is 2.95. The van der Waals surface area contributed by atoms with Gasteiger partial charge < -0.3 is 4.74 Å². The normalized spacial score (nSPS) is 11.6. The Morgan fingerprint density at radius 3 is 2.57 bits per heavy atom. The standard InChI is InChI=1S/C16H17BrN2O3S/c1-3-22-14-6-9-16(17)13(10-14)11-18-19-23(20,21)15-7-4-12(2)5-8-15/h4-11,19H,3H2,1-2H3/b18-11+. The molecule has 0 aliphatic rings. The number of nitrogens with zero attached hydrogens (tertiary/aromatic N) is 1. The first-order valence-corrected chi connectivity index (χ1v) is 9.24. The average Bonchev–Trinajstić information content (AvgIpc) is 2.51. The Morgan fingerprint density at radius 2 is 1.91 bits per heavy atom. The van der Waals surface area contributed by atoms with Gasteiger partial charge in [0.2, 0.25) is 0 Å². The lowest BCUT2D eigenvalue weighted by Crippen LogP contribution is -2.18. The predicted octanol–water partition coefficient (Wildman–Crippen LogP) is 3.47. The summed E-state index contributed by atoms with van der Waals surface area (Å²) < 4.78 is 30.5. The van der Waals surface area contributed by atoms with Crippen molar-refractivity contribution in [1.82, 2.24) is 4.83 Å². The monoisotopic (exact) mass is 396 g/mol. The molecule has 0 spiro atoms. The number of rotatable bonds is 6. The van der Waals surface area contributed by atoms with Gasteiger partial charge in [-0.15, -0.1) is 0 Å². The molecule has 0 bridgehead atoms. The number of sulfonamides is 1. The second kappa shape index (κ2) is 7.61. The molecule has 7 heteroatoms. The quantitative estimate of drug-likeness (QED) is 0.600. The maximum atomic E-state index is 12.1. The van der Waals surface area contributed by atoms with Crippen molar-refractivity contribution in [2.45, 2.75) is 18.7 Å². The Balaban J connectivity index is 2.14. The summed E-state index contributed by atoms with van der Waals surface area (Å²) in [6.07, 6.45) is 1.43. The zero-order chi connectivity index (χ0) is 16.9. The summed E-state index contributed by atoms with van der Waals surface area (Å²) in [6, 6.07) is 12.0. The molecule has 23 heavy (non-hydrogen) atoms. The van der Waals surface area contributed by atoms with Crippen molar-refractivity contribution in [2.75, 3.05) is 6.61 Å². The molecule has 0 amide bonds. The fourth-order valence-electron chi connectivity index (χ4n) is 1.81. The van der Waals surface area contributed by atoms with Gasteiger partial charge in [0.1, 0.15) is 5.75 Å². The van der Waals surface area contributed by atoms with Crippen molar-refractivity contribution in [3.8, 4) is 5.75 Å². The van der Waals surface area contributed by atoms with Gasteiger partial charge in [-0.25, -0.2) is 4.83 Å². The van der Waals surface area contributed by atoms with E-state index in [4.69, 9.17) is 4.74 Å². The molecule has 1 N–H and O–H groups in total. The summed E-state index contributed by atoms with van der Waals surface area (Å²) in [7, 11) is -3.67. The lowest BCUT2D eigenvalue weighted by atomic mass is 10.2. The Morgan fingerprint density at radius 1 is 1.22 bits per heavy atom. The van der Waals surface area contributed by atoms with Crippen LogP contribution in [-0.4, -0.2) is 21.2 Å².